The second-order valence-electron chi connectivity index (χ2n) is 3.71. The first-order valence-corrected chi connectivity index (χ1v) is 5.97. The van der Waals surface area contributed by atoms with E-state index in [1.165, 1.54) is 0 Å². The van der Waals surface area contributed by atoms with E-state index in [2.05, 4.69) is 31.0 Å². The van der Waals surface area contributed by atoms with Crippen molar-refractivity contribution in [3.05, 3.63) is 46.8 Å². The normalized spacial score (nSPS) is 10.9. The molecule has 0 fully saturated rings. The van der Waals surface area contributed by atoms with Crippen molar-refractivity contribution < 1.29 is 0 Å². The van der Waals surface area contributed by atoms with Crippen LogP contribution in [0.25, 0.3) is 16.9 Å². The smallest absolute Gasteiger partial charge is 0.165 e. The number of halogens is 1. The SMILES string of the molecule is Cc1nn(-c2ccccn2)c2ncc(Br)cc12. The molecule has 3 aromatic heterocycles. The Morgan fingerprint density at radius 3 is 2.88 bits per heavy atom. The van der Waals surface area contributed by atoms with Gasteiger partial charge < -0.3 is 0 Å². The third-order valence-electron chi connectivity index (χ3n) is 2.54. The maximum atomic E-state index is 4.47. The Bertz CT molecular complexity index is 676. The Kier molecular flexibility index (Phi) is 2.40. The van der Waals surface area contributed by atoms with Crippen LogP contribution < -0.4 is 0 Å². The Balaban J connectivity index is 2.32. The number of aryl methyl sites for hydroxylation is 1. The highest BCUT2D eigenvalue weighted by Gasteiger charge is 2.10. The van der Waals surface area contributed by atoms with Crippen molar-refractivity contribution in [1.82, 2.24) is 19.7 Å². The van der Waals surface area contributed by atoms with Gasteiger partial charge in [0.25, 0.3) is 0 Å². The lowest BCUT2D eigenvalue weighted by molar-refractivity contribution is 0.847. The molecule has 0 spiro atoms. The van der Waals surface area contributed by atoms with Crippen LogP contribution in [0.3, 0.4) is 0 Å². The molecule has 0 atom stereocenters. The predicted octanol–water partition coefficient (Wildman–Crippen LogP) is 2.89. The van der Waals surface area contributed by atoms with E-state index < -0.39 is 0 Å². The Morgan fingerprint density at radius 2 is 2.12 bits per heavy atom. The number of fused-ring (bicyclic) bond motifs is 1. The molecule has 3 heterocycles. The van der Waals surface area contributed by atoms with Crippen LogP contribution in [0.4, 0.5) is 0 Å². The second-order valence-corrected chi connectivity index (χ2v) is 4.63. The molecular formula is C12H9BrN4. The molecule has 0 N–H and O–H groups in total. The molecule has 0 aliphatic rings. The number of nitrogens with zero attached hydrogens (tertiary/aromatic N) is 4. The summed E-state index contributed by atoms with van der Waals surface area (Å²) in [6.07, 6.45) is 3.51. The van der Waals surface area contributed by atoms with Gasteiger partial charge in [-0.3, -0.25) is 0 Å². The third-order valence-corrected chi connectivity index (χ3v) is 2.97. The standard InChI is InChI=1S/C12H9BrN4/c1-8-10-6-9(13)7-15-12(10)17(16-8)11-4-2-3-5-14-11/h2-7H,1H3. The third kappa shape index (κ3) is 1.72. The number of rotatable bonds is 1. The Labute approximate surface area is 106 Å². The van der Waals surface area contributed by atoms with Gasteiger partial charge in [-0.1, -0.05) is 6.07 Å². The van der Waals surface area contributed by atoms with E-state index in [0.29, 0.717) is 0 Å². The lowest BCUT2D eigenvalue weighted by Crippen LogP contribution is -1.99. The van der Waals surface area contributed by atoms with Gasteiger partial charge >= 0.3 is 0 Å². The van der Waals surface area contributed by atoms with E-state index in [1.54, 1.807) is 17.1 Å². The molecule has 0 unspecified atom stereocenters. The van der Waals surface area contributed by atoms with Gasteiger partial charge in [-0.15, -0.1) is 0 Å². The molecule has 0 aliphatic heterocycles. The summed E-state index contributed by atoms with van der Waals surface area (Å²) in [5, 5.41) is 5.50. The van der Waals surface area contributed by atoms with Gasteiger partial charge in [-0.05, 0) is 41.1 Å². The van der Waals surface area contributed by atoms with E-state index >= 15 is 0 Å². The van der Waals surface area contributed by atoms with Gasteiger partial charge in [0, 0.05) is 22.3 Å². The summed E-state index contributed by atoms with van der Waals surface area (Å²) in [5.41, 5.74) is 1.77. The molecule has 0 saturated carbocycles. The van der Waals surface area contributed by atoms with Gasteiger partial charge in [0.05, 0.1) is 5.69 Å². The number of hydrogen-bond donors (Lipinski definition) is 0. The highest BCUT2D eigenvalue weighted by Crippen LogP contribution is 2.22. The molecule has 0 aliphatic carbocycles. The van der Waals surface area contributed by atoms with Crippen LogP contribution in [0.2, 0.25) is 0 Å². The van der Waals surface area contributed by atoms with Gasteiger partial charge in [-0.25, -0.2) is 9.97 Å². The van der Waals surface area contributed by atoms with E-state index in [0.717, 1.165) is 27.0 Å². The molecule has 4 nitrogen and oxygen atoms in total. The van der Waals surface area contributed by atoms with Crippen molar-refractivity contribution in [2.75, 3.05) is 0 Å². The topological polar surface area (TPSA) is 43.6 Å². The highest BCUT2D eigenvalue weighted by atomic mass is 79.9. The van der Waals surface area contributed by atoms with Gasteiger partial charge in [-0.2, -0.15) is 9.78 Å². The van der Waals surface area contributed by atoms with Gasteiger partial charge in [0.1, 0.15) is 0 Å². The molecule has 0 amide bonds. The minimum atomic E-state index is 0.778. The summed E-state index contributed by atoms with van der Waals surface area (Å²) < 4.78 is 2.71. The van der Waals surface area contributed by atoms with Crippen LogP contribution in [0.1, 0.15) is 5.69 Å². The zero-order chi connectivity index (χ0) is 11.8. The predicted molar refractivity (Wildman–Crippen MR) is 69.1 cm³/mol. The highest BCUT2D eigenvalue weighted by molar-refractivity contribution is 9.10. The lowest BCUT2D eigenvalue weighted by Gasteiger charge is -2.00. The van der Waals surface area contributed by atoms with Crippen LogP contribution >= 0.6 is 15.9 Å². The summed E-state index contributed by atoms with van der Waals surface area (Å²) >= 11 is 3.42. The summed E-state index contributed by atoms with van der Waals surface area (Å²) in [6.45, 7) is 1.97. The quantitative estimate of drug-likeness (QED) is 0.692. The number of aromatic nitrogens is 4. The summed E-state index contributed by atoms with van der Waals surface area (Å²) in [6, 6.07) is 7.75. The van der Waals surface area contributed by atoms with Crippen molar-refractivity contribution in [2.45, 2.75) is 6.92 Å². The van der Waals surface area contributed by atoms with Crippen molar-refractivity contribution >= 4 is 27.0 Å². The molecule has 0 aromatic carbocycles. The van der Waals surface area contributed by atoms with Crippen molar-refractivity contribution in [3.8, 4) is 5.82 Å². The molecule has 0 bridgehead atoms. The van der Waals surface area contributed by atoms with Gasteiger partial charge in [0.15, 0.2) is 11.5 Å². The maximum Gasteiger partial charge on any atom is 0.165 e. The van der Waals surface area contributed by atoms with Crippen LogP contribution in [-0.4, -0.2) is 19.7 Å². The van der Waals surface area contributed by atoms with Crippen molar-refractivity contribution in [1.29, 1.82) is 0 Å². The minimum Gasteiger partial charge on any atom is -0.237 e. The fraction of sp³-hybridized carbons (Fsp3) is 0.0833. The molecule has 5 heteroatoms. The molecular weight excluding hydrogens is 280 g/mol. The van der Waals surface area contributed by atoms with E-state index in [-0.39, 0.29) is 0 Å². The van der Waals surface area contributed by atoms with Crippen LogP contribution in [0, 0.1) is 6.92 Å². The second kappa shape index (κ2) is 3.92. The first-order valence-electron chi connectivity index (χ1n) is 5.18. The zero-order valence-corrected chi connectivity index (χ0v) is 10.7. The fourth-order valence-corrected chi connectivity index (χ4v) is 2.09. The number of pyridine rings is 2. The Morgan fingerprint density at radius 1 is 1.24 bits per heavy atom. The largest absolute Gasteiger partial charge is 0.237 e. The summed E-state index contributed by atoms with van der Waals surface area (Å²) in [4.78, 5) is 8.68. The van der Waals surface area contributed by atoms with E-state index in [1.807, 2.05) is 31.2 Å². The van der Waals surface area contributed by atoms with Crippen molar-refractivity contribution in [2.24, 2.45) is 0 Å². The number of hydrogen-bond acceptors (Lipinski definition) is 3. The monoisotopic (exact) mass is 288 g/mol. The van der Waals surface area contributed by atoms with Crippen LogP contribution in [-0.2, 0) is 0 Å². The van der Waals surface area contributed by atoms with Crippen LogP contribution in [0.5, 0.6) is 0 Å². The molecule has 3 aromatic rings. The van der Waals surface area contributed by atoms with Crippen LogP contribution in [0.15, 0.2) is 41.1 Å². The molecule has 17 heavy (non-hydrogen) atoms. The molecule has 0 radical (unpaired) electrons. The average molecular weight is 289 g/mol. The summed E-state index contributed by atoms with van der Waals surface area (Å²) in [7, 11) is 0. The molecule has 84 valence electrons. The molecule has 0 saturated heterocycles. The minimum absolute atomic E-state index is 0.778. The van der Waals surface area contributed by atoms with E-state index in [9.17, 15) is 0 Å². The fourth-order valence-electron chi connectivity index (χ4n) is 1.76. The first-order chi connectivity index (χ1) is 8.25. The average Bonchev–Trinajstić information content (AvgIpc) is 2.68. The van der Waals surface area contributed by atoms with Gasteiger partial charge in [0.2, 0.25) is 0 Å². The summed E-state index contributed by atoms with van der Waals surface area (Å²) in [5.74, 6) is 0.778. The van der Waals surface area contributed by atoms with Crippen molar-refractivity contribution in [3.63, 3.8) is 0 Å². The lowest BCUT2D eigenvalue weighted by atomic mass is 10.3. The maximum absolute atomic E-state index is 4.47. The van der Waals surface area contributed by atoms with E-state index in [4.69, 9.17) is 0 Å². The Hall–Kier alpha value is -1.75. The molecule has 3 rings (SSSR count). The zero-order valence-electron chi connectivity index (χ0n) is 9.13. The first kappa shape index (κ1) is 10.4.